The highest BCUT2D eigenvalue weighted by molar-refractivity contribution is 7.91. The standard InChI is InChI=1S/C22H27NO5S/c1-2-3-4-5-17-6-8-18(9-7-17)23-22(24)12-15-29(25,26)19-10-11-20-21(16-19)28-14-13-27-20/h6-11,16H,2-5,12-15H2,1H3,(H,23,24). The highest BCUT2D eigenvalue weighted by atomic mass is 32.2. The fraction of sp³-hybridized carbons (Fsp3) is 0.409. The number of carbonyl (C=O) groups excluding carboxylic acids is 1. The first-order chi connectivity index (χ1) is 14.0. The van der Waals surface area contributed by atoms with Gasteiger partial charge in [0.05, 0.1) is 10.6 Å². The Labute approximate surface area is 172 Å². The number of amides is 1. The van der Waals surface area contributed by atoms with Crippen molar-refractivity contribution in [2.24, 2.45) is 0 Å². The molecule has 0 atom stereocenters. The molecule has 1 heterocycles. The summed E-state index contributed by atoms with van der Waals surface area (Å²) in [6, 6.07) is 12.2. The van der Waals surface area contributed by atoms with Crippen LogP contribution in [0.15, 0.2) is 47.4 Å². The molecule has 0 unspecified atom stereocenters. The minimum Gasteiger partial charge on any atom is -0.486 e. The number of hydrogen-bond donors (Lipinski definition) is 1. The van der Waals surface area contributed by atoms with Gasteiger partial charge < -0.3 is 14.8 Å². The fourth-order valence-corrected chi connectivity index (χ4v) is 4.37. The summed E-state index contributed by atoms with van der Waals surface area (Å²) >= 11 is 0. The number of unbranched alkanes of at least 4 members (excludes halogenated alkanes) is 2. The Hall–Kier alpha value is -2.54. The van der Waals surface area contributed by atoms with Crippen LogP contribution in [-0.4, -0.2) is 33.3 Å². The Morgan fingerprint density at radius 1 is 1.00 bits per heavy atom. The zero-order valence-corrected chi connectivity index (χ0v) is 17.5. The molecule has 156 valence electrons. The molecule has 0 bridgehead atoms. The van der Waals surface area contributed by atoms with E-state index in [4.69, 9.17) is 9.47 Å². The summed E-state index contributed by atoms with van der Waals surface area (Å²) in [5.74, 6) is 0.352. The summed E-state index contributed by atoms with van der Waals surface area (Å²) < 4.78 is 36.0. The lowest BCUT2D eigenvalue weighted by atomic mass is 10.1. The third-order valence-corrected chi connectivity index (χ3v) is 6.49. The van der Waals surface area contributed by atoms with Gasteiger partial charge in [-0.25, -0.2) is 8.42 Å². The molecule has 0 radical (unpaired) electrons. The molecule has 0 spiro atoms. The summed E-state index contributed by atoms with van der Waals surface area (Å²) in [4.78, 5) is 12.3. The van der Waals surface area contributed by atoms with Crippen molar-refractivity contribution in [1.82, 2.24) is 0 Å². The van der Waals surface area contributed by atoms with Gasteiger partial charge in [-0.05, 0) is 42.7 Å². The molecule has 0 saturated heterocycles. The van der Waals surface area contributed by atoms with Crippen molar-refractivity contribution in [2.75, 3.05) is 24.3 Å². The first-order valence-electron chi connectivity index (χ1n) is 9.99. The fourth-order valence-electron chi connectivity index (χ4n) is 3.12. The molecule has 6 nitrogen and oxygen atoms in total. The molecule has 0 fully saturated rings. The smallest absolute Gasteiger partial charge is 0.225 e. The molecule has 3 rings (SSSR count). The Balaban J connectivity index is 1.53. The Morgan fingerprint density at radius 2 is 1.72 bits per heavy atom. The summed E-state index contributed by atoms with van der Waals surface area (Å²) in [6.07, 6.45) is 4.45. The van der Waals surface area contributed by atoms with Crippen LogP contribution in [0.25, 0.3) is 0 Å². The minimum absolute atomic E-state index is 0.116. The maximum Gasteiger partial charge on any atom is 0.225 e. The lowest BCUT2D eigenvalue weighted by Crippen LogP contribution is -2.18. The number of carbonyl (C=O) groups is 1. The average Bonchev–Trinajstić information content (AvgIpc) is 2.73. The van der Waals surface area contributed by atoms with Gasteiger partial charge in [-0.15, -0.1) is 0 Å². The lowest BCUT2D eigenvalue weighted by Gasteiger charge is -2.18. The van der Waals surface area contributed by atoms with Crippen LogP contribution in [0.5, 0.6) is 11.5 Å². The highest BCUT2D eigenvalue weighted by Gasteiger charge is 2.20. The monoisotopic (exact) mass is 417 g/mol. The maximum absolute atomic E-state index is 12.6. The molecule has 1 N–H and O–H groups in total. The van der Waals surface area contributed by atoms with Crippen molar-refractivity contribution in [3.8, 4) is 11.5 Å². The van der Waals surface area contributed by atoms with Gasteiger partial charge in [0.2, 0.25) is 5.91 Å². The third-order valence-electron chi connectivity index (χ3n) is 4.78. The van der Waals surface area contributed by atoms with Crippen LogP contribution in [0.2, 0.25) is 0 Å². The zero-order chi connectivity index (χ0) is 20.7. The second kappa shape index (κ2) is 9.78. The van der Waals surface area contributed by atoms with E-state index >= 15 is 0 Å². The number of benzene rings is 2. The predicted octanol–water partition coefficient (Wildman–Crippen LogP) is 3.99. The Bertz CT molecular complexity index is 938. The van der Waals surface area contributed by atoms with E-state index in [1.165, 1.54) is 30.5 Å². The molecule has 1 amide bonds. The zero-order valence-electron chi connectivity index (χ0n) is 16.6. The van der Waals surface area contributed by atoms with E-state index in [0.29, 0.717) is 30.4 Å². The highest BCUT2D eigenvalue weighted by Crippen LogP contribution is 2.32. The van der Waals surface area contributed by atoms with Gasteiger partial charge in [-0.2, -0.15) is 0 Å². The predicted molar refractivity (Wildman–Crippen MR) is 112 cm³/mol. The van der Waals surface area contributed by atoms with E-state index < -0.39 is 9.84 Å². The molecule has 1 aliphatic rings. The van der Waals surface area contributed by atoms with Crippen LogP contribution in [-0.2, 0) is 21.1 Å². The molecule has 29 heavy (non-hydrogen) atoms. The van der Waals surface area contributed by atoms with E-state index in [-0.39, 0.29) is 23.0 Å². The van der Waals surface area contributed by atoms with Crippen molar-refractivity contribution in [3.63, 3.8) is 0 Å². The Kier molecular flexibility index (Phi) is 7.14. The molecule has 1 aliphatic heterocycles. The van der Waals surface area contributed by atoms with E-state index in [9.17, 15) is 13.2 Å². The number of nitrogens with one attached hydrogen (secondary N) is 1. The average molecular weight is 418 g/mol. The van der Waals surface area contributed by atoms with E-state index in [2.05, 4.69) is 12.2 Å². The number of aryl methyl sites for hydroxylation is 1. The van der Waals surface area contributed by atoms with Crippen molar-refractivity contribution >= 4 is 21.4 Å². The number of ether oxygens (including phenoxy) is 2. The molecule has 2 aromatic rings. The summed E-state index contributed by atoms with van der Waals surface area (Å²) in [7, 11) is -3.60. The van der Waals surface area contributed by atoms with E-state index in [0.717, 1.165) is 12.8 Å². The van der Waals surface area contributed by atoms with Gasteiger partial charge in [-0.3, -0.25) is 4.79 Å². The maximum atomic E-state index is 12.6. The van der Waals surface area contributed by atoms with Crippen LogP contribution in [0.3, 0.4) is 0 Å². The first-order valence-corrected chi connectivity index (χ1v) is 11.6. The van der Waals surface area contributed by atoms with E-state index in [1.807, 2.05) is 24.3 Å². The first kappa shape index (κ1) is 21.2. The topological polar surface area (TPSA) is 81.7 Å². The molecular weight excluding hydrogens is 390 g/mol. The molecule has 0 aromatic heterocycles. The SMILES string of the molecule is CCCCCc1ccc(NC(=O)CCS(=O)(=O)c2ccc3c(c2)OCCO3)cc1. The van der Waals surface area contributed by atoms with Gasteiger partial charge in [0, 0.05) is 18.2 Å². The lowest BCUT2D eigenvalue weighted by molar-refractivity contribution is -0.115. The molecule has 0 saturated carbocycles. The minimum atomic E-state index is -3.60. The normalized spacial score (nSPS) is 13.1. The van der Waals surface area contributed by atoms with E-state index in [1.54, 1.807) is 6.07 Å². The third kappa shape index (κ3) is 5.97. The van der Waals surface area contributed by atoms with Crippen molar-refractivity contribution in [3.05, 3.63) is 48.0 Å². The quantitative estimate of drug-likeness (QED) is 0.624. The second-order valence-corrected chi connectivity index (χ2v) is 9.19. The number of anilines is 1. The van der Waals surface area contributed by atoms with Gasteiger partial charge in [-0.1, -0.05) is 31.9 Å². The molecule has 0 aliphatic carbocycles. The summed E-state index contributed by atoms with van der Waals surface area (Å²) in [5.41, 5.74) is 1.91. The second-order valence-electron chi connectivity index (χ2n) is 7.08. The van der Waals surface area contributed by atoms with Gasteiger partial charge in [0.15, 0.2) is 21.3 Å². The number of hydrogen-bond acceptors (Lipinski definition) is 5. The largest absolute Gasteiger partial charge is 0.486 e. The van der Waals surface area contributed by atoms with Crippen LogP contribution in [0.4, 0.5) is 5.69 Å². The van der Waals surface area contributed by atoms with Crippen LogP contribution in [0, 0.1) is 0 Å². The van der Waals surface area contributed by atoms with Crippen LogP contribution >= 0.6 is 0 Å². The van der Waals surface area contributed by atoms with Crippen molar-refractivity contribution in [2.45, 2.75) is 43.9 Å². The number of fused-ring (bicyclic) bond motifs is 1. The summed E-state index contributed by atoms with van der Waals surface area (Å²) in [5, 5.41) is 2.76. The number of rotatable bonds is 9. The van der Waals surface area contributed by atoms with Gasteiger partial charge in [0.1, 0.15) is 13.2 Å². The molecule has 2 aromatic carbocycles. The Morgan fingerprint density at radius 3 is 2.45 bits per heavy atom. The molecular formula is C22H27NO5S. The van der Waals surface area contributed by atoms with Crippen LogP contribution < -0.4 is 14.8 Å². The summed E-state index contributed by atoms with van der Waals surface area (Å²) in [6.45, 7) is 3.00. The van der Waals surface area contributed by atoms with Crippen molar-refractivity contribution in [1.29, 1.82) is 0 Å². The van der Waals surface area contributed by atoms with Gasteiger partial charge in [0.25, 0.3) is 0 Å². The van der Waals surface area contributed by atoms with Crippen LogP contribution in [0.1, 0.15) is 38.2 Å². The van der Waals surface area contributed by atoms with Gasteiger partial charge >= 0.3 is 0 Å². The number of sulfone groups is 1. The van der Waals surface area contributed by atoms with Crippen molar-refractivity contribution < 1.29 is 22.7 Å². The molecule has 7 heteroatoms.